The van der Waals surface area contributed by atoms with Crippen molar-refractivity contribution in [2.45, 2.75) is 37.6 Å². The van der Waals surface area contributed by atoms with Gasteiger partial charge >= 0.3 is 0 Å². The molecule has 0 aliphatic carbocycles. The lowest BCUT2D eigenvalue weighted by Gasteiger charge is -2.29. The smallest absolute Gasteiger partial charge is 0.203 e. The van der Waals surface area contributed by atoms with Crippen LogP contribution in [0.15, 0.2) is 12.7 Å². The zero-order valence-corrected chi connectivity index (χ0v) is 15.1. The second-order valence-electron chi connectivity index (χ2n) is 7.27. The number of rotatable bonds is 5. The van der Waals surface area contributed by atoms with Gasteiger partial charge in [0.1, 0.15) is 24.1 Å². The molecule has 0 spiro atoms. The van der Waals surface area contributed by atoms with Crippen LogP contribution in [0.1, 0.15) is 13.8 Å². The van der Waals surface area contributed by atoms with Gasteiger partial charge in [-0.05, 0) is 20.9 Å². The molecule has 142 valence electrons. The van der Waals surface area contributed by atoms with Crippen LogP contribution in [-0.4, -0.2) is 80.9 Å². The van der Waals surface area contributed by atoms with Gasteiger partial charge < -0.3 is 30.0 Å². The van der Waals surface area contributed by atoms with Gasteiger partial charge in [-0.1, -0.05) is 0 Å². The molecule has 0 amide bonds. The maximum Gasteiger partial charge on any atom is 0.203 e. The van der Waals surface area contributed by atoms with Crippen molar-refractivity contribution in [3.63, 3.8) is 0 Å². The molecule has 0 radical (unpaired) electrons. The van der Waals surface area contributed by atoms with Crippen LogP contribution in [0.25, 0.3) is 11.2 Å². The molecular weight excluding hydrogens is 340 g/mol. The fourth-order valence-corrected chi connectivity index (χ4v) is 3.80. The van der Waals surface area contributed by atoms with Crippen LogP contribution in [-0.2, 0) is 19.9 Å². The molecule has 10 nitrogen and oxygen atoms in total. The van der Waals surface area contributed by atoms with Crippen LogP contribution in [0, 0.1) is 0 Å². The first-order chi connectivity index (χ1) is 12.4. The predicted octanol–water partition coefficient (Wildman–Crippen LogP) is -0.464. The number of nitrogens with zero attached hydrogens (tertiary/aromatic N) is 5. The lowest BCUT2D eigenvalue weighted by atomic mass is 10.0. The van der Waals surface area contributed by atoms with E-state index in [4.69, 9.17) is 25.1 Å². The van der Waals surface area contributed by atoms with Crippen LogP contribution in [0.4, 0.5) is 5.82 Å². The Balaban J connectivity index is 1.73. The molecule has 3 N–H and O–H groups in total. The number of anilines is 1. The van der Waals surface area contributed by atoms with Crippen LogP contribution in [0.3, 0.4) is 0 Å². The molecule has 2 saturated heterocycles. The molecule has 2 fully saturated rings. The number of aliphatic hydroxyl groups is 1. The van der Waals surface area contributed by atoms with Crippen molar-refractivity contribution in [1.82, 2.24) is 24.4 Å². The quantitative estimate of drug-likeness (QED) is 0.725. The maximum atomic E-state index is 9.15. The lowest BCUT2D eigenvalue weighted by molar-refractivity contribution is -0.205. The highest BCUT2D eigenvalue weighted by molar-refractivity contribution is 5.81. The molecule has 2 aromatic heterocycles. The van der Waals surface area contributed by atoms with Crippen molar-refractivity contribution in [3.8, 4) is 0 Å². The number of likely N-dealkylation sites (N-methyl/N-ethyl adjacent to an activating group) is 1. The van der Waals surface area contributed by atoms with E-state index in [1.807, 2.05) is 30.4 Å². The number of hydrogen-bond acceptors (Lipinski definition) is 9. The van der Waals surface area contributed by atoms with E-state index in [1.165, 1.54) is 6.33 Å². The monoisotopic (exact) mass is 364 g/mol. The summed E-state index contributed by atoms with van der Waals surface area (Å²) >= 11 is 0. The average molecular weight is 364 g/mol. The van der Waals surface area contributed by atoms with Crippen LogP contribution in [0.5, 0.6) is 0 Å². The van der Waals surface area contributed by atoms with E-state index < -0.39 is 11.5 Å². The Kier molecular flexibility index (Phi) is 4.12. The van der Waals surface area contributed by atoms with Gasteiger partial charge in [0.25, 0.3) is 0 Å². The molecule has 10 heteroatoms. The molecule has 2 aliphatic rings. The van der Waals surface area contributed by atoms with Gasteiger partial charge in [0.05, 0.1) is 19.5 Å². The third kappa shape index (κ3) is 2.65. The summed E-state index contributed by atoms with van der Waals surface area (Å²) in [5.41, 5.74) is 6.14. The van der Waals surface area contributed by atoms with E-state index in [9.17, 15) is 0 Å². The van der Waals surface area contributed by atoms with Crippen molar-refractivity contribution in [1.29, 1.82) is 0 Å². The molecule has 4 rings (SSSR count). The molecule has 0 aromatic carbocycles. The summed E-state index contributed by atoms with van der Waals surface area (Å²) in [6, 6.07) is 0. The zero-order chi connectivity index (χ0) is 18.5. The normalized spacial score (nSPS) is 30.3. The number of hydrogen-bond donors (Lipinski definition) is 2. The van der Waals surface area contributed by atoms with Gasteiger partial charge in [0, 0.05) is 13.1 Å². The van der Waals surface area contributed by atoms with Gasteiger partial charge in [-0.15, -0.1) is 0 Å². The van der Waals surface area contributed by atoms with Gasteiger partial charge in [0.2, 0.25) is 5.72 Å². The molecular formula is C16H24N6O4. The highest BCUT2D eigenvalue weighted by Gasteiger charge is 2.62. The molecule has 4 heterocycles. The molecule has 0 unspecified atom stereocenters. The third-order valence-corrected chi connectivity index (χ3v) is 4.86. The van der Waals surface area contributed by atoms with Gasteiger partial charge in [0.15, 0.2) is 17.3 Å². The summed E-state index contributed by atoms with van der Waals surface area (Å²) in [7, 11) is 1.93. The van der Waals surface area contributed by atoms with E-state index in [2.05, 4.69) is 15.0 Å². The third-order valence-electron chi connectivity index (χ3n) is 4.86. The zero-order valence-electron chi connectivity index (χ0n) is 15.1. The lowest BCUT2D eigenvalue weighted by Crippen LogP contribution is -2.46. The van der Waals surface area contributed by atoms with Crippen molar-refractivity contribution in [2.24, 2.45) is 0 Å². The van der Waals surface area contributed by atoms with Crippen molar-refractivity contribution in [3.05, 3.63) is 12.7 Å². The summed E-state index contributed by atoms with van der Waals surface area (Å²) in [4.78, 5) is 14.7. The minimum Gasteiger partial charge on any atom is -0.395 e. The minimum absolute atomic E-state index is 0.0875. The van der Waals surface area contributed by atoms with E-state index >= 15 is 0 Å². The van der Waals surface area contributed by atoms with Crippen molar-refractivity contribution < 1.29 is 19.3 Å². The van der Waals surface area contributed by atoms with Crippen LogP contribution in [0.2, 0.25) is 0 Å². The first kappa shape index (κ1) is 17.6. The van der Waals surface area contributed by atoms with E-state index in [-0.39, 0.29) is 18.8 Å². The van der Waals surface area contributed by atoms with Crippen molar-refractivity contribution in [2.75, 3.05) is 39.1 Å². The highest BCUT2D eigenvalue weighted by atomic mass is 16.8. The number of aromatic nitrogens is 4. The first-order valence-electron chi connectivity index (χ1n) is 8.59. The second kappa shape index (κ2) is 6.10. The standard InChI is InChI=1S/C16H24N6O4/c1-15(2)25-12-10(6-21(3)4-5-23)24-7-16(12,26-15)22-9-20-11-13(17)18-8-19-14(11)22/h8-10,12,23H,4-7H2,1-3H3,(H2,17,18,19)/t10-,12-,16+/m1/s1. The number of fused-ring (bicyclic) bond motifs is 2. The average Bonchev–Trinajstić information content (AvgIpc) is 3.20. The second-order valence-corrected chi connectivity index (χ2v) is 7.27. The number of nitrogen functional groups attached to an aromatic ring is 1. The predicted molar refractivity (Wildman–Crippen MR) is 92.1 cm³/mol. The molecule has 2 aliphatic heterocycles. The van der Waals surface area contributed by atoms with Crippen molar-refractivity contribution >= 4 is 17.0 Å². The molecule has 0 bridgehead atoms. The topological polar surface area (TPSA) is 121 Å². The molecule has 3 atom stereocenters. The van der Waals surface area contributed by atoms with E-state index in [1.54, 1.807) is 6.33 Å². The Bertz CT molecular complexity index is 811. The van der Waals surface area contributed by atoms with Crippen LogP contribution < -0.4 is 5.73 Å². The maximum absolute atomic E-state index is 9.15. The Morgan fingerprint density at radius 1 is 1.38 bits per heavy atom. The Morgan fingerprint density at radius 2 is 2.19 bits per heavy atom. The SMILES string of the molecule is CN(CCO)C[C@H]1OC[C@]2(n3cnc4c(N)ncnc43)OC(C)(C)O[C@H]12. The fourth-order valence-electron chi connectivity index (χ4n) is 3.80. The summed E-state index contributed by atoms with van der Waals surface area (Å²) in [6.07, 6.45) is 2.48. The Hall–Kier alpha value is -1.85. The van der Waals surface area contributed by atoms with Gasteiger partial charge in [-0.2, -0.15) is 0 Å². The summed E-state index contributed by atoms with van der Waals surface area (Å²) in [5, 5.41) is 9.15. The largest absolute Gasteiger partial charge is 0.395 e. The highest BCUT2D eigenvalue weighted by Crippen LogP contribution is 2.47. The Labute approximate surface area is 150 Å². The number of nitrogens with two attached hydrogens (primary N) is 1. The minimum atomic E-state index is -0.885. The van der Waals surface area contributed by atoms with E-state index in [0.29, 0.717) is 36.7 Å². The summed E-state index contributed by atoms with van der Waals surface area (Å²) in [5.74, 6) is -0.463. The van der Waals surface area contributed by atoms with Gasteiger partial charge in [-0.25, -0.2) is 15.0 Å². The van der Waals surface area contributed by atoms with Gasteiger partial charge in [-0.3, -0.25) is 4.57 Å². The Morgan fingerprint density at radius 3 is 2.96 bits per heavy atom. The number of ether oxygens (including phenoxy) is 3. The molecule has 2 aromatic rings. The fraction of sp³-hybridized carbons (Fsp3) is 0.688. The molecule has 26 heavy (non-hydrogen) atoms. The summed E-state index contributed by atoms with van der Waals surface area (Å²) < 4.78 is 20.4. The summed E-state index contributed by atoms with van der Waals surface area (Å²) in [6.45, 7) is 5.31. The van der Waals surface area contributed by atoms with E-state index in [0.717, 1.165) is 0 Å². The number of aliphatic hydroxyl groups excluding tert-OH is 1. The first-order valence-corrected chi connectivity index (χ1v) is 8.59. The number of imidazole rings is 1. The van der Waals surface area contributed by atoms with Crippen LogP contribution >= 0.6 is 0 Å². The molecule has 0 saturated carbocycles.